The van der Waals surface area contributed by atoms with Crippen LogP contribution in [0.5, 0.6) is 17.2 Å². The molecule has 0 N–H and O–H groups in total. The lowest BCUT2D eigenvalue weighted by atomic mass is 10.1. The fourth-order valence-corrected chi connectivity index (χ4v) is 2.47. The maximum Gasteiger partial charge on any atom is 0.343 e. The van der Waals surface area contributed by atoms with Crippen molar-refractivity contribution in [3.63, 3.8) is 0 Å². The van der Waals surface area contributed by atoms with E-state index in [9.17, 15) is 9.59 Å². The maximum absolute atomic E-state index is 12.3. The highest BCUT2D eigenvalue weighted by Gasteiger charge is 2.10. The average Bonchev–Trinajstić information content (AvgIpc) is 2.72. The third-order valence-corrected chi connectivity index (χ3v) is 3.91. The molecule has 0 heterocycles. The van der Waals surface area contributed by atoms with Gasteiger partial charge >= 0.3 is 5.97 Å². The minimum atomic E-state index is -0.499. The lowest BCUT2D eigenvalue weighted by molar-refractivity contribution is 0.0734. The summed E-state index contributed by atoms with van der Waals surface area (Å²) in [6, 6.07) is 22.7. The standard InChI is InChI=1S/C23H20O5/c1-17(24)18-10-12-21(13-11-18)28-23(25)19-6-5-9-22(16-19)27-15-14-26-20-7-3-2-4-8-20/h2-13,16H,14-15H2,1H3. The molecule has 0 radical (unpaired) electrons. The first kappa shape index (κ1) is 19.2. The van der Waals surface area contributed by atoms with E-state index in [1.54, 1.807) is 48.5 Å². The Labute approximate surface area is 163 Å². The van der Waals surface area contributed by atoms with Crippen LogP contribution in [0.3, 0.4) is 0 Å². The van der Waals surface area contributed by atoms with Gasteiger partial charge in [0.05, 0.1) is 5.56 Å². The van der Waals surface area contributed by atoms with E-state index in [0.29, 0.717) is 35.8 Å². The highest BCUT2D eigenvalue weighted by Crippen LogP contribution is 2.18. The Hall–Kier alpha value is -3.60. The van der Waals surface area contributed by atoms with Crippen LogP contribution in [0.1, 0.15) is 27.6 Å². The van der Waals surface area contributed by atoms with E-state index in [1.165, 1.54) is 6.92 Å². The third-order valence-electron chi connectivity index (χ3n) is 3.91. The van der Waals surface area contributed by atoms with Crippen LogP contribution in [-0.4, -0.2) is 25.0 Å². The second kappa shape index (κ2) is 9.37. The molecule has 0 amide bonds. The molecule has 0 aliphatic heterocycles. The smallest absolute Gasteiger partial charge is 0.343 e. The van der Waals surface area contributed by atoms with Crippen LogP contribution in [-0.2, 0) is 0 Å². The summed E-state index contributed by atoms with van der Waals surface area (Å²) in [4.78, 5) is 23.6. The van der Waals surface area contributed by atoms with Gasteiger partial charge in [0.25, 0.3) is 0 Å². The zero-order valence-corrected chi connectivity index (χ0v) is 15.5. The quantitative estimate of drug-likeness (QED) is 0.249. The largest absolute Gasteiger partial charge is 0.490 e. The summed E-state index contributed by atoms with van der Waals surface area (Å²) in [5.74, 6) is 1.16. The summed E-state index contributed by atoms with van der Waals surface area (Å²) < 4.78 is 16.6. The van der Waals surface area contributed by atoms with Crippen molar-refractivity contribution >= 4 is 11.8 Å². The molecular formula is C23H20O5. The van der Waals surface area contributed by atoms with E-state index >= 15 is 0 Å². The molecule has 0 atom stereocenters. The first-order valence-corrected chi connectivity index (χ1v) is 8.86. The molecule has 0 aliphatic rings. The molecule has 3 aromatic carbocycles. The molecule has 0 aromatic heterocycles. The van der Waals surface area contributed by atoms with E-state index < -0.39 is 5.97 Å². The Morgan fingerprint density at radius 1 is 0.679 bits per heavy atom. The van der Waals surface area contributed by atoms with Crippen LogP contribution in [0.25, 0.3) is 0 Å². The highest BCUT2D eigenvalue weighted by molar-refractivity contribution is 5.94. The Morgan fingerprint density at radius 3 is 2.00 bits per heavy atom. The maximum atomic E-state index is 12.3. The van der Waals surface area contributed by atoms with Crippen molar-refractivity contribution in [1.29, 1.82) is 0 Å². The first-order valence-electron chi connectivity index (χ1n) is 8.86. The number of carbonyl (C=O) groups is 2. The van der Waals surface area contributed by atoms with Crippen molar-refractivity contribution in [2.45, 2.75) is 6.92 Å². The SMILES string of the molecule is CC(=O)c1ccc(OC(=O)c2cccc(OCCOc3ccccc3)c2)cc1. The summed E-state index contributed by atoms with van der Waals surface area (Å²) in [6.45, 7) is 2.22. The molecule has 0 saturated carbocycles. The van der Waals surface area contributed by atoms with Crippen LogP contribution in [0, 0.1) is 0 Å². The van der Waals surface area contributed by atoms with Gasteiger partial charge in [0, 0.05) is 5.56 Å². The summed E-state index contributed by atoms with van der Waals surface area (Å²) in [5.41, 5.74) is 0.935. The zero-order chi connectivity index (χ0) is 19.8. The highest BCUT2D eigenvalue weighted by atomic mass is 16.5. The fourth-order valence-electron chi connectivity index (χ4n) is 2.47. The zero-order valence-electron chi connectivity index (χ0n) is 15.5. The van der Waals surface area contributed by atoms with Crippen molar-refractivity contribution in [3.05, 3.63) is 90.0 Å². The van der Waals surface area contributed by atoms with E-state index in [4.69, 9.17) is 14.2 Å². The van der Waals surface area contributed by atoms with E-state index in [2.05, 4.69) is 0 Å². The lowest BCUT2D eigenvalue weighted by Crippen LogP contribution is -2.11. The molecule has 3 aromatic rings. The van der Waals surface area contributed by atoms with Gasteiger partial charge in [-0.05, 0) is 61.5 Å². The Morgan fingerprint density at radius 2 is 1.32 bits per heavy atom. The predicted molar refractivity (Wildman–Crippen MR) is 105 cm³/mol. The van der Waals surface area contributed by atoms with Gasteiger partial charge in [0.1, 0.15) is 30.5 Å². The number of ketones is 1. The molecule has 3 rings (SSSR count). The molecule has 28 heavy (non-hydrogen) atoms. The number of hydrogen-bond donors (Lipinski definition) is 0. The first-order chi connectivity index (χ1) is 13.6. The Bertz CT molecular complexity index is 933. The van der Waals surface area contributed by atoms with Gasteiger partial charge in [-0.2, -0.15) is 0 Å². The average molecular weight is 376 g/mol. The molecule has 0 unspecified atom stereocenters. The van der Waals surface area contributed by atoms with Gasteiger partial charge in [-0.1, -0.05) is 24.3 Å². The van der Waals surface area contributed by atoms with Crippen LogP contribution < -0.4 is 14.2 Å². The summed E-state index contributed by atoms with van der Waals surface area (Å²) in [6.07, 6.45) is 0. The number of hydrogen-bond acceptors (Lipinski definition) is 5. The lowest BCUT2D eigenvalue weighted by Gasteiger charge is -2.09. The van der Waals surface area contributed by atoms with Crippen LogP contribution in [0.4, 0.5) is 0 Å². The third kappa shape index (κ3) is 5.45. The molecule has 0 fully saturated rings. The van der Waals surface area contributed by atoms with E-state index in [1.807, 2.05) is 30.3 Å². The molecule has 5 nitrogen and oxygen atoms in total. The Balaban J connectivity index is 1.53. The van der Waals surface area contributed by atoms with E-state index in [-0.39, 0.29) is 5.78 Å². The molecular weight excluding hydrogens is 356 g/mol. The molecule has 0 spiro atoms. The van der Waals surface area contributed by atoms with Gasteiger partial charge in [-0.3, -0.25) is 4.79 Å². The van der Waals surface area contributed by atoms with Crippen LogP contribution >= 0.6 is 0 Å². The summed E-state index contributed by atoms with van der Waals surface area (Å²) in [7, 11) is 0. The minimum absolute atomic E-state index is 0.0426. The van der Waals surface area contributed by atoms with Crippen molar-refractivity contribution in [2.24, 2.45) is 0 Å². The topological polar surface area (TPSA) is 61.8 Å². The monoisotopic (exact) mass is 376 g/mol. The number of para-hydroxylation sites is 1. The molecule has 142 valence electrons. The number of carbonyl (C=O) groups excluding carboxylic acids is 2. The fraction of sp³-hybridized carbons (Fsp3) is 0.130. The molecule has 0 bridgehead atoms. The normalized spacial score (nSPS) is 10.2. The second-order valence-corrected chi connectivity index (χ2v) is 6.01. The molecule has 0 saturated heterocycles. The second-order valence-electron chi connectivity index (χ2n) is 6.01. The van der Waals surface area contributed by atoms with Gasteiger partial charge in [0.2, 0.25) is 0 Å². The van der Waals surface area contributed by atoms with Crippen LogP contribution in [0.2, 0.25) is 0 Å². The van der Waals surface area contributed by atoms with Gasteiger partial charge < -0.3 is 14.2 Å². The Kier molecular flexibility index (Phi) is 6.41. The summed E-state index contributed by atoms with van der Waals surface area (Å²) >= 11 is 0. The number of benzene rings is 3. The minimum Gasteiger partial charge on any atom is -0.490 e. The van der Waals surface area contributed by atoms with Gasteiger partial charge in [0.15, 0.2) is 5.78 Å². The number of Topliss-reactive ketones (excluding diaryl/α,β-unsaturated/α-hetero) is 1. The van der Waals surface area contributed by atoms with Crippen molar-refractivity contribution < 1.29 is 23.8 Å². The predicted octanol–water partition coefficient (Wildman–Crippen LogP) is 4.57. The van der Waals surface area contributed by atoms with Crippen molar-refractivity contribution in [3.8, 4) is 17.2 Å². The van der Waals surface area contributed by atoms with Crippen molar-refractivity contribution in [1.82, 2.24) is 0 Å². The molecule has 0 aliphatic carbocycles. The van der Waals surface area contributed by atoms with Gasteiger partial charge in [-0.15, -0.1) is 0 Å². The van der Waals surface area contributed by atoms with Gasteiger partial charge in [-0.25, -0.2) is 4.79 Å². The van der Waals surface area contributed by atoms with Crippen LogP contribution in [0.15, 0.2) is 78.9 Å². The number of ether oxygens (including phenoxy) is 3. The summed E-state index contributed by atoms with van der Waals surface area (Å²) in [5, 5.41) is 0. The number of esters is 1. The number of rotatable bonds is 8. The van der Waals surface area contributed by atoms with E-state index in [0.717, 1.165) is 5.75 Å². The van der Waals surface area contributed by atoms with Crippen molar-refractivity contribution in [2.75, 3.05) is 13.2 Å². The molecule has 5 heteroatoms.